The summed E-state index contributed by atoms with van der Waals surface area (Å²) in [6, 6.07) is 24.2. The minimum atomic E-state index is -1.38. The molecule has 1 fully saturated rings. The van der Waals surface area contributed by atoms with Gasteiger partial charge < -0.3 is 24.1 Å². The van der Waals surface area contributed by atoms with Crippen molar-refractivity contribution in [3.8, 4) is 11.5 Å². The molecule has 0 bridgehead atoms. The number of nitrogens with zero attached hydrogens (tertiary/aromatic N) is 2. The molecule has 1 aliphatic rings. The predicted molar refractivity (Wildman–Crippen MR) is 184 cm³/mol. The van der Waals surface area contributed by atoms with Crippen molar-refractivity contribution in [1.82, 2.24) is 19.1 Å². The molecule has 50 heavy (non-hydrogen) atoms. The molecule has 3 N–H and O–H groups in total. The first-order chi connectivity index (χ1) is 24.0. The highest BCUT2D eigenvalue weighted by molar-refractivity contribution is 5.50. The second-order valence-corrected chi connectivity index (χ2v) is 12.2. The van der Waals surface area contributed by atoms with E-state index in [1.165, 1.54) is 21.5 Å². The summed E-state index contributed by atoms with van der Waals surface area (Å²) in [4.78, 5) is 55.1. The van der Waals surface area contributed by atoms with Crippen LogP contribution in [-0.2, 0) is 21.6 Å². The van der Waals surface area contributed by atoms with Gasteiger partial charge in [-0.1, -0.05) is 54.6 Å². The van der Waals surface area contributed by atoms with Crippen molar-refractivity contribution < 1.29 is 24.1 Å². The number of methoxy groups -OCH3 is 2. The molecule has 0 saturated carbocycles. The van der Waals surface area contributed by atoms with Crippen molar-refractivity contribution in [3.63, 3.8) is 0 Å². The maximum atomic E-state index is 13.2. The van der Waals surface area contributed by atoms with Gasteiger partial charge in [0.1, 0.15) is 35.5 Å². The fraction of sp³-hybridized carbons (Fsp3) is 0.297. The van der Waals surface area contributed by atoms with Crippen LogP contribution in [0.4, 0.5) is 0 Å². The second kappa shape index (κ2) is 14.2. The minimum Gasteiger partial charge on any atom is -0.497 e. The summed E-state index contributed by atoms with van der Waals surface area (Å²) >= 11 is 0. The summed E-state index contributed by atoms with van der Waals surface area (Å²) in [6.45, 7) is 2.98. The van der Waals surface area contributed by atoms with Gasteiger partial charge in [-0.15, -0.1) is 0 Å². The molecule has 0 spiro atoms. The van der Waals surface area contributed by atoms with E-state index in [9.17, 15) is 24.3 Å². The molecule has 13 heteroatoms. The van der Waals surface area contributed by atoms with Crippen LogP contribution in [0, 0.1) is 13.8 Å². The highest BCUT2D eigenvalue weighted by Gasteiger charge is 2.47. The summed E-state index contributed by atoms with van der Waals surface area (Å²) in [5.74, 6) is 1.24. The third-order valence-electron chi connectivity index (χ3n) is 9.03. The second-order valence-electron chi connectivity index (χ2n) is 12.2. The maximum absolute atomic E-state index is 13.2. The number of H-pyrrole nitrogens is 2. The van der Waals surface area contributed by atoms with Crippen molar-refractivity contribution >= 4 is 0 Å². The number of nitrogens with one attached hydrogen (secondary N) is 2. The molecule has 13 nitrogen and oxygen atoms in total. The van der Waals surface area contributed by atoms with Gasteiger partial charge in [0.25, 0.3) is 11.1 Å². The van der Waals surface area contributed by atoms with Crippen molar-refractivity contribution in [3.05, 3.63) is 161 Å². The molecule has 1 saturated heterocycles. The maximum Gasteiger partial charge on any atom is 0.330 e. The van der Waals surface area contributed by atoms with Gasteiger partial charge in [0.2, 0.25) is 0 Å². The molecule has 3 aromatic carbocycles. The van der Waals surface area contributed by atoms with Crippen LogP contribution in [0.3, 0.4) is 0 Å². The normalized spacial score (nSPS) is 18.1. The van der Waals surface area contributed by atoms with Crippen LogP contribution in [0.5, 0.6) is 11.5 Å². The van der Waals surface area contributed by atoms with Crippen LogP contribution in [0.1, 0.15) is 40.5 Å². The summed E-state index contributed by atoms with van der Waals surface area (Å²) in [7, 11) is 3.15. The molecule has 4 atom stereocenters. The predicted octanol–water partition coefficient (Wildman–Crippen LogP) is 2.75. The lowest BCUT2D eigenvalue weighted by atomic mass is 9.79. The average molecular weight is 683 g/mol. The van der Waals surface area contributed by atoms with Crippen LogP contribution >= 0.6 is 0 Å². The largest absolute Gasteiger partial charge is 0.497 e. The molecule has 260 valence electrons. The van der Waals surface area contributed by atoms with E-state index in [1.807, 2.05) is 78.9 Å². The molecular weight excluding hydrogens is 644 g/mol. The van der Waals surface area contributed by atoms with Crippen molar-refractivity contribution in [2.45, 2.75) is 57.0 Å². The number of rotatable bonds is 11. The zero-order valence-electron chi connectivity index (χ0n) is 28.0. The highest BCUT2D eigenvalue weighted by Crippen LogP contribution is 2.44. The third-order valence-corrected chi connectivity index (χ3v) is 9.03. The Bertz CT molecular complexity index is 2140. The molecular formula is C37H38N4O9. The lowest BCUT2D eigenvalue weighted by molar-refractivity contribution is -0.149. The number of aliphatic hydroxyl groups is 1. The fourth-order valence-electron chi connectivity index (χ4n) is 6.39. The van der Waals surface area contributed by atoms with E-state index in [-0.39, 0.29) is 18.5 Å². The van der Waals surface area contributed by atoms with Crippen LogP contribution in [0.15, 0.2) is 110 Å². The Hall–Kier alpha value is -5.50. The number of hydrogen-bond donors (Lipinski definition) is 3. The van der Waals surface area contributed by atoms with Crippen LogP contribution in [0.25, 0.3) is 0 Å². The Morgan fingerprint density at radius 2 is 1.30 bits per heavy atom. The number of benzene rings is 3. The first-order valence-electron chi connectivity index (χ1n) is 16.0. The highest BCUT2D eigenvalue weighted by atomic mass is 16.6. The zero-order valence-corrected chi connectivity index (χ0v) is 28.0. The molecule has 0 unspecified atom stereocenters. The van der Waals surface area contributed by atoms with Crippen molar-refractivity contribution in [1.29, 1.82) is 0 Å². The lowest BCUT2D eigenvalue weighted by Gasteiger charge is -2.41. The third kappa shape index (κ3) is 6.58. The van der Waals surface area contributed by atoms with E-state index in [0.29, 0.717) is 28.2 Å². The standard InChI is InChI=1S/C37H38N4O9/c1-22-19-40(35(45)38-33(22)43)21-30(32-29(42)18-31(49-32)41-20-23(2)34(44)39-36(41)46)50-37(24-8-6-5-7-9-24,25-10-14-27(47-3)15-11-25)26-12-16-28(48-4)17-13-26/h5-17,19-20,29-32,42H,18,21H2,1-4H3,(H,38,43,45)(H,39,44,46)/t29-,30-,31+,32-/m0/s1. The van der Waals surface area contributed by atoms with Gasteiger partial charge in [-0.3, -0.25) is 28.7 Å². The fourth-order valence-corrected chi connectivity index (χ4v) is 6.39. The van der Waals surface area contributed by atoms with Gasteiger partial charge in [0, 0.05) is 29.9 Å². The Morgan fingerprint density at radius 1 is 0.780 bits per heavy atom. The Labute approximate surface area is 286 Å². The van der Waals surface area contributed by atoms with Gasteiger partial charge in [-0.2, -0.15) is 0 Å². The van der Waals surface area contributed by atoms with Crippen LogP contribution in [-0.4, -0.2) is 56.7 Å². The Morgan fingerprint density at radius 3 is 1.86 bits per heavy atom. The van der Waals surface area contributed by atoms with E-state index in [1.54, 1.807) is 28.1 Å². The smallest absolute Gasteiger partial charge is 0.330 e. The molecule has 0 aliphatic carbocycles. The van der Waals surface area contributed by atoms with Gasteiger partial charge in [-0.05, 0) is 54.8 Å². The van der Waals surface area contributed by atoms with Crippen molar-refractivity contribution in [2.24, 2.45) is 0 Å². The van der Waals surface area contributed by atoms with E-state index in [0.717, 1.165) is 5.56 Å². The molecule has 6 rings (SSSR count). The Kier molecular flexibility index (Phi) is 9.73. The first-order valence-corrected chi connectivity index (χ1v) is 16.0. The van der Waals surface area contributed by atoms with Gasteiger partial charge in [0.05, 0.1) is 26.9 Å². The van der Waals surface area contributed by atoms with E-state index in [2.05, 4.69) is 9.97 Å². The molecule has 5 aromatic rings. The topological polar surface area (TPSA) is 167 Å². The minimum absolute atomic E-state index is 0.0150. The lowest BCUT2D eigenvalue weighted by Crippen LogP contribution is -2.48. The van der Waals surface area contributed by atoms with Crippen LogP contribution < -0.4 is 32.0 Å². The number of hydrogen-bond acceptors (Lipinski definition) is 9. The average Bonchev–Trinajstić information content (AvgIpc) is 3.51. The molecule has 3 heterocycles. The number of ether oxygens (including phenoxy) is 4. The summed E-state index contributed by atoms with van der Waals surface area (Å²) in [5.41, 5.74) is -1.10. The summed E-state index contributed by atoms with van der Waals surface area (Å²) in [6.07, 6.45) is -1.53. The molecule has 1 aliphatic heterocycles. The zero-order chi connectivity index (χ0) is 35.6. The SMILES string of the molecule is COc1ccc(C(O[C@@H](Cn2cc(C)c(=O)[nH]c2=O)[C@H]2O[C@@H](n3cc(C)c(=O)[nH]c3=O)C[C@@H]2O)(c2ccccc2)c2ccc(OC)cc2)cc1. The van der Waals surface area contributed by atoms with Crippen LogP contribution in [0.2, 0.25) is 0 Å². The summed E-state index contributed by atoms with van der Waals surface area (Å²) < 4.78 is 27.2. The number of aryl methyl sites for hydroxylation is 2. The number of aromatic amines is 2. The van der Waals surface area contributed by atoms with Crippen molar-refractivity contribution in [2.75, 3.05) is 14.2 Å². The quantitative estimate of drug-likeness (QED) is 0.178. The molecule has 0 radical (unpaired) electrons. The molecule has 0 amide bonds. The van der Waals surface area contributed by atoms with E-state index >= 15 is 0 Å². The van der Waals surface area contributed by atoms with E-state index < -0.39 is 52.6 Å². The monoisotopic (exact) mass is 682 g/mol. The van der Waals surface area contributed by atoms with Gasteiger partial charge in [-0.25, -0.2) is 9.59 Å². The Balaban J connectivity index is 1.55. The number of aliphatic hydroxyl groups excluding tert-OH is 1. The van der Waals surface area contributed by atoms with Gasteiger partial charge in [0.15, 0.2) is 0 Å². The molecule has 2 aromatic heterocycles. The van der Waals surface area contributed by atoms with Gasteiger partial charge >= 0.3 is 11.4 Å². The number of aromatic nitrogens is 4. The first kappa shape index (κ1) is 34.4. The van der Waals surface area contributed by atoms with E-state index in [4.69, 9.17) is 18.9 Å². The summed E-state index contributed by atoms with van der Waals surface area (Å²) in [5, 5.41) is 11.6.